The average Bonchev–Trinajstić information content (AvgIpc) is 3.02. The van der Waals surface area contributed by atoms with Crippen molar-refractivity contribution in [1.82, 2.24) is 9.55 Å². The molecule has 0 spiro atoms. The summed E-state index contributed by atoms with van der Waals surface area (Å²) in [6.45, 7) is 5.59. The Morgan fingerprint density at radius 3 is 2.51 bits per heavy atom. The molecular weight excluding hydrogens is 554 g/mol. The van der Waals surface area contributed by atoms with Crippen LogP contribution in [0.15, 0.2) is 59.8 Å². The van der Waals surface area contributed by atoms with Crippen LogP contribution in [0.2, 0.25) is 0 Å². The molecule has 43 heavy (non-hydrogen) atoms. The second-order valence-electron chi connectivity index (χ2n) is 10.2. The molecule has 0 radical (unpaired) electrons. The van der Waals surface area contributed by atoms with Crippen LogP contribution in [0.5, 0.6) is 0 Å². The molecule has 12 heteroatoms. The maximum Gasteiger partial charge on any atom is 0.323 e. The molecule has 1 atom stereocenters. The Labute approximate surface area is 252 Å². The van der Waals surface area contributed by atoms with Gasteiger partial charge >= 0.3 is 5.97 Å². The highest BCUT2D eigenvalue weighted by atomic mass is 16.5. The van der Waals surface area contributed by atoms with Gasteiger partial charge in [-0.25, -0.2) is 0 Å². The topological polar surface area (TPSA) is 149 Å². The average molecular weight is 598 g/mol. The first-order valence-electron chi connectivity index (χ1n) is 14.5. The lowest BCUT2D eigenvalue weighted by Gasteiger charge is -2.32. The van der Waals surface area contributed by atoms with Gasteiger partial charge in [0, 0.05) is 68.4 Å². The highest BCUT2D eigenvalue weighted by Gasteiger charge is 2.20. The Morgan fingerprint density at radius 2 is 1.79 bits per heavy atom. The molecule has 1 aliphatic rings. The number of piperidine rings is 1. The predicted molar refractivity (Wildman–Crippen MR) is 166 cm³/mol. The van der Waals surface area contributed by atoms with Gasteiger partial charge in [-0.05, 0) is 18.9 Å². The molecule has 3 N–H and O–H groups in total. The maximum atomic E-state index is 11.6. The van der Waals surface area contributed by atoms with Gasteiger partial charge in [0.05, 0.1) is 57.2 Å². The van der Waals surface area contributed by atoms with E-state index in [2.05, 4.69) is 22.0 Å². The molecule has 3 heterocycles. The molecule has 3 aromatic rings. The van der Waals surface area contributed by atoms with E-state index in [1.54, 1.807) is 6.07 Å². The number of ether oxygens (including phenoxy) is 3. The lowest BCUT2D eigenvalue weighted by atomic mass is 9.98. The zero-order valence-electron chi connectivity index (χ0n) is 24.8. The molecule has 1 aromatic carbocycles. The number of nitrogens with two attached hydrogens (primary N) is 1. The van der Waals surface area contributed by atoms with Crippen molar-refractivity contribution in [3.63, 3.8) is 0 Å². The van der Waals surface area contributed by atoms with Gasteiger partial charge in [-0.2, -0.15) is 0 Å². The van der Waals surface area contributed by atoms with Gasteiger partial charge in [-0.1, -0.05) is 24.3 Å². The van der Waals surface area contributed by atoms with Crippen molar-refractivity contribution in [2.75, 3.05) is 82.7 Å². The van der Waals surface area contributed by atoms with E-state index in [-0.39, 0.29) is 18.0 Å². The van der Waals surface area contributed by atoms with E-state index < -0.39 is 5.97 Å². The standard InChI is InChI=1S/C16H27N3O6.C15H16N2O/c1-18(5-7-24-9-11-25-10-8-23-6-4-17)14-2-3-15(20)19(12-14)13-16(21)22;18-11-12-4-3-7-17(10-12)15-9-16-8-13-5-1-2-6-14(13)15/h2-3,12H,4-11,13,17H2,1H3,(H,21,22);1-2,5-6,8-9,11-12H,3-4,7,10H2. The smallest absolute Gasteiger partial charge is 0.323 e. The van der Waals surface area contributed by atoms with E-state index in [0.29, 0.717) is 52.7 Å². The number of carbonyl (C=O) groups excluding carboxylic acids is 1. The summed E-state index contributed by atoms with van der Waals surface area (Å²) in [7, 11) is 1.85. The van der Waals surface area contributed by atoms with Gasteiger partial charge in [0.2, 0.25) is 0 Å². The fraction of sp³-hybridized carbons (Fsp3) is 0.484. The van der Waals surface area contributed by atoms with E-state index in [0.717, 1.165) is 53.5 Å². The molecule has 0 amide bonds. The Bertz CT molecular complexity index is 1330. The fourth-order valence-electron chi connectivity index (χ4n) is 4.66. The number of benzene rings is 1. The largest absolute Gasteiger partial charge is 0.480 e. The second kappa shape index (κ2) is 18.6. The van der Waals surface area contributed by atoms with Crippen molar-refractivity contribution in [2.24, 2.45) is 11.7 Å². The monoisotopic (exact) mass is 597 g/mol. The number of carbonyl (C=O) groups is 2. The van der Waals surface area contributed by atoms with Crippen LogP contribution in [0.1, 0.15) is 12.8 Å². The van der Waals surface area contributed by atoms with Crippen LogP contribution >= 0.6 is 0 Å². The van der Waals surface area contributed by atoms with Gasteiger partial charge in [-0.3, -0.25) is 14.6 Å². The molecule has 4 rings (SSSR count). The summed E-state index contributed by atoms with van der Waals surface area (Å²) in [6.07, 6.45) is 8.51. The number of hydrogen-bond donors (Lipinski definition) is 2. The zero-order chi connectivity index (χ0) is 30.9. The summed E-state index contributed by atoms with van der Waals surface area (Å²) in [6, 6.07) is 11.3. The predicted octanol–water partition coefficient (Wildman–Crippen LogP) is 2.03. The van der Waals surface area contributed by atoms with Crippen molar-refractivity contribution in [3.8, 4) is 0 Å². The molecular formula is C31H43N5O7. The van der Waals surface area contributed by atoms with Crippen LogP contribution in [0.4, 0.5) is 11.4 Å². The maximum absolute atomic E-state index is 11.6. The number of anilines is 2. The molecule has 234 valence electrons. The minimum absolute atomic E-state index is 0.165. The van der Waals surface area contributed by atoms with Crippen LogP contribution < -0.4 is 21.1 Å². The number of fused-ring (bicyclic) bond motifs is 1. The van der Waals surface area contributed by atoms with E-state index >= 15 is 0 Å². The number of aliphatic carboxylic acids is 1. The van der Waals surface area contributed by atoms with Crippen molar-refractivity contribution in [3.05, 3.63) is 65.3 Å². The van der Waals surface area contributed by atoms with Gasteiger partial charge in [0.25, 0.3) is 5.56 Å². The Hall–Kier alpha value is -3.84. The molecule has 2 aromatic heterocycles. The molecule has 0 bridgehead atoms. The number of aldehydes is 1. The van der Waals surface area contributed by atoms with Crippen LogP contribution in [0.3, 0.4) is 0 Å². The fourth-order valence-corrected chi connectivity index (χ4v) is 4.66. The number of aromatic nitrogens is 2. The Morgan fingerprint density at radius 1 is 1.07 bits per heavy atom. The third kappa shape index (κ3) is 11.4. The summed E-state index contributed by atoms with van der Waals surface area (Å²) in [4.78, 5) is 41.8. The highest BCUT2D eigenvalue weighted by molar-refractivity contribution is 5.93. The van der Waals surface area contributed by atoms with E-state index in [1.165, 1.54) is 17.6 Å². The lowest BCUT2D eigenvalue weighted by molar-refractivity contribution is -0.137. The van der Waals surface area contributed by atoms with Crippen LogP contribution in [0, 0.1) is 5.92 Å². The number of likely N-dealkylation sites (N-methyl/N-ethyl adjacent to an activating group) is 1. The van der Waals surface area contributed by atoms with E-state index in [1.807, 2.05) is 36.5 Å². The molecule has 12 nitrogen and oxygen atoms in total. The number of pyridine rings is 2. The van der Waals surface area contributed by atoms with Gasteiger partial charge in [0.1, 0.15) is 12.8 Å². The number of rotatable bonds is 16. The molecule has 0 saturated carbocycles. The van der Waals surface area contributed by atoms with E-state index in [9.17, 15) is 14.4 Å². The minimum atomic E-state index is -1.06. The SMILES string of the molecule is CN(CCOCCOCCOCCN)c1ccc(=O)n(CC(=O)O)c1.O=CC1CCCN(c2cncc3ccccc23)C1. The molecule has 1 aliphatic heterocycles. The zero-order valence-corrected chi connectivity index (χ0v) is 24.8. The number of nitrogens with zero attached hydrogens (tertiary/aromatic N) is 4. The second-order valence-corrected chi connectivity index (χ2v) is 10.2. The number of carboxylic acid groups (broad SMARTS) is 1. The third-order valence-corrected chi connectivity index (χ3v) is 6.93. The van der Waals surface area contributed by atoms with Crippen molar-refractivity contribution in [1.29, 1.82) is 0 Å². The normalized spacial score (nSPS) is 14.7. The first-order valence-corrected chi connectivity index (χ1v) is 14.5. The lowest BCUT2D eigenvalue weighted by Crippen LogP contribution is -2.36. The summed E-state index contributed by atoms with van der Waals surface area (Å²) in [5.41, 5.74) is 6.85. The highest BCUT2D eigenvalue weighted by Crippen LogP contribution is 2.28. The molecule has 0 aliphatic carbocycles. The third-order valence-electron chi connectivity index (χ3n) is 6.93. The minimum Gasteiger partial charge on any atom is -0.480 e. The first kappa shape index (κ1) is 33.7. The Balaban J connectivity index is 0.000000246. The molecule has 1 fully saturated rings. The first-order chi connectivity index (χ1) is 20.9. The quantitative estimate of drug-likeness (QED) is 0.184. The Kier molecular flexibility index (Phi) is 14.6. The molecule has 1 unspecified atom stereocenters. The van der Waals surface area contributed by atoms with Crippen molar-refractivity contribution < 1.29 is 28.9 Å². The number of hydrogen-bond acceptors (Lipinski definition) is 10. The van der Waals surface area contributed by atoms with Crippen molar-refractivity contribution in [2.45, 2.75) is 19.4 Å². The summed E-state index contributed by atoms with van der Waals surface area (Å²) in [5.74, 6) is -0.892. The van der Waals surface area contributed by atoms with Crippen LogP contribution in [-0.2, 0) is 30.3 Å². The van der Waals surface area contributed by atoms with Gasteiger partial charge < -0.3 is 44.2 Å². The van der Waals surface area contributed by atoms with Gasteiger partial charge in [-0.15, -0.1) is 0 Å². The number of carboxylic acids is 1. The van der Waals surface area contributed by atoms with Crippen LogP contribution in [-0.4, -0.2) is 99.8 Å². The summed E-state index contributed by atoms with van der Waals surface area (Å²) >= 11 is 0. The van der Waals surface area contributed by atoms with Crippen LogP contribution in [0.25, 0.3) is 10.8 Å². The van der Waals surface area contributed by atoms with Gasteiger partial charge in [0.15, 0.2) is 0 Å². The molecule has 1 saturated heterocycles. The van der Waals surface area contributed by atoms with Crippen molar-refractivity contribution >= 4 is 34.4 Å². The summed E-state index contributed by atoms with van der Waals surface area (Å²) in [5, 5.41) is 11.2. The summed E-state index contributed by atoms with van der Waals surface area (Å²) < 4.78 is 17.2. The van der Waals surface area contributed by atoms with E-state index in [4.69, 9.17) is 25.1 Å².